The summed E-state index contributed by atoms with van der Waals surface area (Å²) in [7, 11) is 1.99. The van der Waals surface area contributed by atoms with Gasteiger partial charge in [-0.25, -0.2) is 4.98 Å². The molecule has 0 aliphatic carbocycles. The molecule has 0 atom stereocenters. The first-order valence-corrected chi connectivity index (χ1v) is 6.77. The van der Waals surface area contributed by atoms with Crippen LogP contribution in [0.1, 0.15) is 19.4 Å². The Morgan fingerprint density at radius 2 is 2.21 bits per heavy atom. The van der Waals surface area contributed by atoms with Crippen molar-refractivity contribution in [1.29, 1.82) is 5.41 Å². The van der Waals surface area contributed by atoms with Crippen LogP contribution >= 0.6 is 11.8 Å². The number of aromatic nitrogens is 1. The largest absolute Gasteiger partial charge is 0.357 e. The summed E-state index contributed by atoms with van der Waals surface area (Å²) in [5.41, 5.74) is 0.855. The van der Waals surface area contributed by atoms with Crippen LogP contribution in [-0.4, -0.2) is 29.1 Å². The number of nitrogens with zero attached hydrogens (tertiary/aromatic N) is 2. The molecule has 6 heteroatoms. The predicted octanol–water partition coefficient (Wildman–Crippen LogP) is 2.06. The number of anilines is 1. The number of pyridine rings is 1. The summed E-state index contributed by atoms with van der Waals surface area (Å²) in [5, 5.41) is 9.99. The van der Waals surface area contributed by atoms with Crippen molar-refractivity contribution in [3.63, 3.8) is 0 Å². The van der Waals surface area contributed by atoms with Gasteiger partial charge in [0.15, 0.2) is 5.17 Å². The molecule has 1 aromatic rings. The smallest absolute Gasteiger partial charge is 0.264 e. The molecule has 0 aromatic carbocycles. The third-order valence-corrected chi connectivity index (χ3v) is 3.70. The highest BCUT2D eigenvalue weighted by Gasteiger charge is 2.22. The Balaban J connectivity index is 2.17. The van der Waals surface area contributed by atoms with Crippen molar-refractivity contribution in [2.75, 3.05) is 11.9 Å². The minimum atomic E-state index is -0.224. The first kappa shape index (κ1) is 13.6. The molecule has 2 rings (SSSR count). The highest BCUT2D eigenvalue weighted by molar-refractivity contribution is 8.18. The van der Waals surface area contributed by atoms with Crippen LogP contribution in [0.15, 0.2) is 23.2 Å². The normalized spacial score (nSPS) is 17.2. The Kier molecular flexibility index (Phi) is 3.90. The molecule has 0 unspecified atom stereocenters. The first-order chi connectivity index (χ1) is 8.97. The molecule has 0 radical (unpaired) electrons. The number of amidine groups is 1. The Labute approximate surface area is 116 Å². The maximum Gasteiger partial charge on any atom is 0.264 e. The molecule has 0 spiro atoms. The number of carbonyl (C=O) groups excluding carboxylic acids is 1. The summed E-state index contributed by atoms with van der Waals surface area (Å²) >= 11 is 1.13. The molecule has 0 saturated carbocycles. The van der Waals surface area contributed by atoms with Crippen LogP contribution in [0, 0.1) is 5.41 Å². The van der Waals surface area contributed by atoms with Gasteiger partial charge in [0.05, 0.1) is 4.91 Å². The summed E-state index contributed by atoms with van der Waals surface area (Å²) in [6.45, 7) is 4.20. The number of rotatable bonds is 3. The molecule has 1 aromatic heterocycles. The van der Waals surface area contributed by atoms with Crippen LogP contribution in [0.5, 0.6) is 0 Å². The second kappa shape index (κ2) is 5.44. The van der Waals surface area contributed by atoms with Gasteiger partial charge in [0, 0.05) is 19.3 Å². The second-order valence-corrected chi connectivity index (χ2v) is 5.60. The zero-order valence-corrected chi connectivity index (χ0v) is 11.9. The summed E-state index contributed by atoms with van der Waals surface area (Å²) in [5.74, 6) is 0.673. The number of amides is 1. The quantitative estimate of drug-likeness (QED) is 0.829. The van der Waals surface area contributed by atoms with Crippen LogP contribution < -0.4 is 10.2 Å². The van der Waals surface area contributed by atoms with Crippen molar-refractivity contribution in [3.05, 3.63) is 28.8 Å². The molecule has 100 valence electrons. The average Bonchev–Trinajstić information content (AvgIpc) is 2.68. The van der Waals surface area contributed by atoms with Crippen molar-refractivity contribution >= 4 is 34.7 Å². The minimum absolute atomic E-state index is 0.167. The van der Waals surface area contributed by atoms with E-state index in [2.05, 4.69) is 29.0 Å². The zero-order valence-electron chi connectivity index (χ0n) is 11.1. The number of nitrogens with one attached hydrogen (secondary N) is 2. The third-order valence-electron chi connectivity index (χ3n) is 2.87. The first-order valence-electron chi connectivity index (χ1n) is 5.95. The molecule has 5 nitrogen and oxygen atoms in total. The van der Waals surface area contributed by atoms with E-state index in [1.807, 2.05) is 19.2 Å². The molecule has 1 fully saturated rings. The lowest BCUT2D eigenvalue weighted by atomic mass is 10.2. The number of thioether (sulfide) groups is 1. The van der Waals surface area contributed by atoms with Crippen molar-refractivity contribution < 1.29 is 4.79 Å². The van der Waals surface area contributed by atoms with Crippen LogP contribution in [-0.2, 0) is 4.79 Å². The molecular weight excluding hydrogens is 260 g/mol. The molecule has 19 heavy (non-hydrogen) atoms. The Morgan fingerprint density at radius 3 is 2.68 bits per heavy atom. The van der Waals surface area contributed by atoms with E-state index in [1.54, 1.807) is 12.3 Å². The van der Waals surface area contributed by atoms with Gasteiger partial charge in [-0.2, -0.15) is 0 Å². The maximum absolute atomic E-state index is 11.5. The fourth-order valence-electron chi connectivity index (χ4n) is 1.55. The Morgan fingerprint density at radius 1 is 1.47 bits per heavy atom. The van der Waals surface area contributed by atoms with E-state index < -0.39 is 0 Å². The molecule has 2 heterocycles. The van der Waals surface area contributed by atoms with Crippen LogP contribution in [0.3, 0.4) is 0 Å². The van der Waals surface area contributed by atoms with Crippen molar-refractivity contribution in [3.8, 4) is 0 Å². The Hall–Kier alpha value is -1.82. The van der Waals surface area contributed by atoms with Gasteiger partial charge in [0.25, 0.3) is 5.91 Å². The van der Waals surface area contributed by atoms with Gasteiger partial charge in [-0.15, -0.1) is 0 Å². The maximum atomic E-state index is 11.5. The van der Waals surface area contributed by atoms with E-state index in [-0.39, 0.29) is 11.1 Å². The monoisotopic (exact) mass is 276 g/mol. The van der Waals surface area contributed by atoms with Crippen molar-refractivity contribution in [1.82, 2.24) is 10.3 Å². The van der Waals surface area contributed by atoms with Crippen LogP contribution in [0.2, 0.25) is 0 Å². The van der Waals surface area contributed by atoms with Gasteiger partial charge in [-0.05, 0) is 49.4 Å². The van der Waals surface area contributed by atoms with Gasteiger partial charge in [-0.1, -0.05) is 0 Å². The zero-order chi connectivity index (χ0) is 14.0. The lowest BCUT2D eigenvalue weighted by molar-refractivity contribution is -0.115. The molecule has 2 N–H and O–H groups in total. The standard InChI is InChI=1S/C13H16N4OS/c1-8(2)17(3)11-5-4-9(7-15-11)6-10-12(18)16-13(14)19-10/h4-8H,1-3H3,(H2,14,16,18). The summed E-state index contributed by atoms with van der Waals surface area (Å²) in [6.07, 6.45) is 3.48. The van der Waals surface area contributed by atoms with E-state index in [0.29, 0.717) is 10.9 Å². The van der Waals surface area contributed by atoms with Gasteiger partial charge in [-0.3, -0.25) is 10.2 Å². The average molecular weight is 276 g/mol. The number of carbonyl (C=O) groups is 1. The van der Waals surface area contributed by atoms with Crippen molar-refractivity contribution in [2.24, 2.45) is 0 Å². The third kappa shape index (κ3) is 3.14. The molecule has 0 bridgehead atoms. The Bertz CT molecular complexity index is 536. The van der Waals surface area contributed by atoms with Gasteiger partial charge >= 0.3 is 0 Å². The molecule has 1 aliphatic heterocycles. The molecule has 1 saturated heterocycles. The lowest BCUT2D eigenvalue weighted by Crippen LogP contribution is -2.26. The summed E-state index contributed by atoms with van der Waals surface area (Å²) in [4.78, 5) is 18.5. The van der Waals surface area contributed by atoms with Gasteiger partial charge in [0.2, 0.25) is 0 Å². The summed E-state index contributed by atoms with van der Waals surface area (Å²) in [6, 6.07) is 4.23. The minimum Gasteiger partial charge on any atom is -0.357 e. The topological polar surface area (TPSA) is 69.1 Å². The van der Waals surface area contributed by atoms with Crippen LogP contribution in [0.25, 0.3) is 6.08 Å². The van der Waals surface area contributed by atoms with Gasteiger partial charge in [0.1, 0.15) is 5.82 Å². The molecular formula is C13H16N4OS. The number of hydrogen-bond donors (Lipinski definition) is 2. The highest BCUT2D eigenvalue weighted by Crippen LogP contribution is 2.25. The highest BCUT2D eigenvalue weighted by atomic mass is 32.2. The van der Waals surface area contributed by atoms with Crippen molar-refractivity contribution in [2.45, 2.75) is 19.9 Å². The lowest BCUT2D eigenvalue weighted by Gasteiger charge is -2.22. The second-order valence-electron chi connectivity index (χ2n) is 4.55. The van der Waals surface area contributed by atoms with E-state index in [1.165, 1.54) is 0 Å². The van der Waals surface area contributed by atoms with E-state index in [4.69, 9.17) is 5.41 Å². The fourth-order valence-corrected chi connectivity index (χ4v) is 2.25. The van der Waals surface area contributed by atoms with E-state index in [9.17, 15) is 4.79 Å². The predicted molar refractivity (Wildman–Crippen MR) is 79.2 cm³/mol. The van der Waals surface area contributed by atoms with E-state index in [0.717, 1.165) is 23.1 Å². The van der Waals surface area contributed by atoms with E-state index >= 15 is 0 Å². The fraction of sp³-hybridized carbons (Fsp3) is 0.308. The van der Waals surface area contributed by atoms with Gasteiger partial charge < -0.3 is 10.2 Å². The molecule has 1 aliphatic rings. The number of hydrogen-bond acceptors (Lipinski definition) is 5. The summed E-state index contributed by atoms with van der Waals surface area (Å²) < 4.78 is 0. The van der Waals surface area contributed by atoms with Crippen LogP contribution in [0.4, 0.5) is 5.82 Å². The molecule has 1 amide bonds. The SMILES string of the molecule is CC(C)N(C)c1ccc(C=C2SC(=N)NC2=O)cn1.